The maximum atomic E-state index is 5.37. The first-order chi connectivity index (χ1) is 5.35. The van der Waals surface area contributed by atoms with Crippen LogP contribution in [0.1, 0.15) is 26.2 Å². The highest BCUT2D eigenvalue weighted by molar-refractivity contribution is 5.41. The topological polar surface area (TPSA) is 50.7 Å². The van der Waals surface area contributed by atoms with E-state index in [0.29, 0.717) is 6.04 Å². The molecular weight excluding hydrogens is 138 g/mol. The Bertz CT molecular complexity index is 136. The molecule has 0 radical (unpaired) electrons. The number of nitrogens with zero attached hydrogens (tertiary/aromatic N) is 2. The van der Waals surface area contributed by atoms with E-state index in [-0.39, 0.29) is 0 Å². The Morgan fingerprint density at radius 1 is 1.55 bits per heavy atom. The first kappa shape index (κ1) is 10.3. The molecule has 0 aliphatic rings. The third-order valence-electron chi connectivity index (χ3n) is 1.55. The third-order valence-corrected chi connectivity index (χ3v) is 1.55. The van der Waals surface area contributed by atoms with Crippen molar-refractivity contribution in [2.45, 2.75) is 32.2 Å². The van der Waals surface area contributed by atoms with Crippen molar-refractivity contribution in [3.05, 3.63) is 0 Å². The Hall–Kier alpha value is -0.660. The molecule has 0 aliphatic carbocycles. The lowest BCUT2D eigenvalue weighted by Crippen LogP contribution is -2.06. The van der Waals surface area contributed by atoms with E-state index in [1.165, 1.54) is 0 Å². The summed E-state index contributed by atoms with van der Waals surface area (Å²) in [6.45, 7) is 2.86. The average molecular weight is 155 g/mol. The van der Waals surface area contributed by atoms with Crippen LogP contribution in [0.4, 0.5) is 0 Å². The Morgan fingerprint density at radius 2 is 2.27 bits per heavy atom. The van der Waals surface area contributed by atoms with E-state index in [2.05, 4.69) is 22.9 Å². The van der Waals surface area contributed by atoms with E-state index < -0.39 is 0 Å². The van der Waals surface area contributed by atoms with Gasteiger partial charge in [-0.2, -0.15) is 0 Å². The number of rotatable bonds is 5. The van der Waals surface area contributed by atoms with Crippen molar-refractivity contribution in [1.82, 2.24) is 0 Å². The Labute approximate surface area is 68.4 Å². The van der Waals surface area contributed by atoms with Gasteiger partial charge in [0.25, 0.3) is 0 Å². The van der Waals surface area contributed by atoms with Crippen LogP contribution in [0.5, 0.6) is 0 Å². The number of aliphatic imine (C=N–C) groups is 2. The second-order valence-electron chi connectivity index (χ2n) is 2.45. The fourth-order valence-corrected chi connectivity index (χ4v) is 0.853. The molecule has 0 aromatic heterocycles. The molecule has 3 heteroatoms. The van der Waals surface area contributed by atoms with Crippen LogP contribution in [0, 0.1) is 0 Å². The molecule has 0 saturated heterocycles. The normalized spacial score (nSPS) is 11.9. The van der Waals surface area contributed by atoms with Crippen molar-refractivity contribution in [3.8, 4) is 0 Å². The largest absolute Gasteiger partial charge is 0.330 e. The van der Waals surface area contributed by atoms with Gasteiger partial charge in [-0.3, -0.25) is 0 Å². The summed E-state index contributed by atoms with van der Waals surface area (Å²) >= 11 is 0. The van der Waals surface area contributed by atoms with Crippen LogP contribution in [-0.2, 0) is 0 Å². The molecule has 0 heterocycles. The molecule has 2 N–H and O–H groups in total. The first-order valence-electron chi connectivity index (χ1n) is 4.08. The minimum Gasteiger partial charge on any atom is -0.330 e. The maximum absolute atomic E-state index is 5.37. The molecule has 3 nitrogen and oxygen atoms in total. The molecule has 0 spiro atoms. The van der Waals surface area contributed by atoms with Crippen LogP contribution in [0.25, 0.3) is 0 Å². The highest BCUT2D eigenvalue weighted by Gasteiger charge is 2.00. The molecule has 64 valence electrons. The van der Waals surface area contributed by atoms with Crippen molar-refractivity contribution >= 4 is 6.01 Å². The highest BCUT2D eigenvalue weighted by atomic mass is 14.8. The predicted octanol–water partition coefficient (Wildman–Crippen LogP) is 1.31. The standard InChI is InChI=1S/C8H17N3/c1-3-8(5-4-6-9)11-7-10-2/h8H,3-6,9H2,1-2H3. The summed E-state index contributed by atoms with van der Waals surface area (Å²) in [6.07, 6.45) is 3.13. The molecule has 0 aromatic carbocycles. The summed E-state index contributed by atoms with van der Waals surface area (Å²) in [5.74, 6) is 0. The van der Waals surface area contributed by atoms with E-state index in [9.17, 15) is 0 Å². The molecule has 0 aliphatic heterocycles. The quantitative estimate of drug-likeness (QED) is 0.598. The Kier molecular flexibility index (Phi) is 7.00. The summed E-state index contributed by atoms with van der Waals surface area (Å²) in [5.41, 5.74) is 5.37. The molecule has 1 atom stereocenters. The lowest BCUT2D eigenvalue weighted by atomic mass is 10.1. The van der Waals surface area contributed by atoms with Crippen molar-refractivity contribution in [2.24, 2.45) is 15.7 Å². The number of nitrogens with two attached hydrogens (primary N) is 1. The lowest BCUT2D eigenvalue weighted by Gasteiger charge is -2.04. The van der Waals surface area contributed by atoms with Crippen LogP contribution in [0.2, 0.25) is 0 Å². The minimum absolute atomic E-state index is 0.363. The molecular formula is C8H17N3. The summed E-state index contributed by atoms with van der Waals surface area (Å²) < 4.78 is 0. The fourth-order valence-electron chi connectivity index (χ4n) is 0.853. The van der Waals surface area contributed by atoms with Gasteiger partial charge in [0.1, 0.15) is 0 Å². The zero-order chi connectivity index (χ0) is 8.53. The SMILES string of the molecule is CCC(CCCN)N=C=NC. The third kappa shape index (κ3) is 5.77. The number of hydrogen-bond acceptors (Lipinski definition) is 3. The smallest absolute Gasteiger partial charge is 0.0892 e. The fraction of sp³-hybridized carbons (Fsp3) is 0.875. The molecule has 1 unspecified atom stereocenters. The van der Waals surface area contributed by atoms with Gasteiger partial charge >= 0.3 is 0 Å². The van der Waals surface area contributed by atoms with E-state index >= 15 is 0 Å². The maximum Gasteiger partial charge on any atom is 0.0892 e. The van der Waals surface area contributed by atoms with E-state index in [0.717, 1.165) is 25.8 Å². The van der Waals surface area contributed by atoms with Gasteiger partial charge in [-0.1, -0.05) is 6.92 Å². The molecule has 0 amide bonds. The van der Waals surface area contributed by atoms with E-state index in [1.54, 1.807) is 7.05 Å². The van der Waals surface area contributed by atoms with Crippen LogP contribution in [0.3, 0.4) is 0 Å². The van der Waals surface area contributed by atoms with Gasteiger partial charge < -0.3 is 5.73 Å². The second-order valence-corrected chi connectivity index (χ2v) is 2.45. The predicted molar refractivity (Wildman–Crippen MR) is 48.2 cm³/mol. The zero-order valence-corrected chi connectivity index (χ0v) is 7.38. The molecule has 0 aromatic rings. The summed E-state index contributed by atoms with van der Waals surface area (Å²) in [5, 5.41) is 0. The highest BCUT2D eigenvalue weighted by Crippen LogP contribution is 2.03. The summed E-state index contributed by atoms with van der Waals surface area (Å²) in [7, 11) is 1.68. The first-order valence-corrected chi connectivity index (χ1v) is 4.08. The van der Waals surface area contributed by atoms with Gasteiger partial charge in [0.2, 0.25) is 0 Å². The molecule has 0 saturated carbocycles. The van der Waals surface area contributed by atoms with Crippen LogP contribution >= 0.6 is 0 Å². The van der Waals surface area contributed by atoms with Crippen molar-refractivity contribution in [2.75, 3.05) is 13.6 Å². The van der Waals surface area contributed by atoms with Crippen molar-refractivity contribution in [3.63, 3.8) is 0 Å². The Morgan fingerprint density at radius 3 is 2.73 bits per heavy atom. The molecule has 11 heavy (non-hydrogen) atoms. The van der Waals surface area contributed by atoms with Crippen LogP contribution in [0.15, 0.2) is 9.98 Å². The van der Waals surface area contributed by atoms with Crippen molar-refractivity contribution < 1.29 is 0 Å². The van der Waals surface area contributed by atoms with Gasteiger partial charge in [0.15, 0.2) is 0 Å². The van der Waals surface area contributed by atoms with E-state index in [1.807, 2.05) is 0 Å². The summed E-state index contributed by atoms with van der Waals surface area (Å²) in [4.78, 5) is 7.81. The van der Waals surface area contributed by atoms with Gasteiger partial charge in [-0.15, -0.1) is 0 Å². The second kappa shape index (κ2) is 7.45. The molecule has 0 fully saturated rings. The number of hydrogen-bond donors (Lipinski definition) is 1. The molecule has 0 rings (SSSR count). The lowest BCUT2D eigenvalue weighted by molar-refractivity contribution is 0.577. The van der Waals surface area contributed by atoms with Gasteiger partial charge in [0, 0.05) is 7.05 Å². The summed E-state index contributed by atoms with van der Waals surface area (Å²) in [6, 6.07) is 2.98. The van der Waals surface area contributed by atoms with Crippen molar-refractivity contribution in [1.29, 1.82) is 0 Å². The van der Waals surface area contributed by atoms with Crippen LogP contribution in [-0.4, -0.2) is 25.6 Å². The van der Waals surface area contributed by atoms with Gasteiger partial charge in [-0.25, -0.2) is 9.98 Å². The zero-order valence-electron chi connectivity index (χ0n) is 7.38. The molecule has 0 bridgehead atoms. The van der Waals surface area contributed by atoms with Crippen LogP contribution < -0.4 is 5.73 Å². The van der Waals surface area contributed by atoms with E-state index in [4.69, 9.17) is 5.73 Å². The van der Waals surface area contributed by atoms with Gasteiger partial charge in [-0.05, 0) is 25.8 Å². The average Bonchev–Trinajstić information content (AvgIpc) is 2.05. The Balaban J connectivity index is 3.66. The minimum atomic E-state index is 0.363. The van der Waals surface area contributed by atoms with Gasteiger partial charge in [0.05, 0.1) is 12.1 Å². The monoisotopic (exact) mass is 155 g/mol.